The first-order valence-electron chi connectivity index (χ1n) is 6.14. The number of hydrogen-bond acceptors (Lipinski definition) is 4. The van der Waals surface area contributed by atoms with Crippen molar-refractivity contribution in [2.45, 2.75) is 6.92 Å². The molecule has 0 amide bonds. The number of hydrogen-bond donors (Lipinski definition) is 1. The number of phenols is 1. The van der Waals surface area contributed by atoms with Crippen molar-refractivity contribution in [2.75, 3.05) is 27.1 Å². The number of benzene rings is 2. The van der Waals surface area contributed by atoms with Crippen molar-refractivity contribution < 1.29 is 19.3 Å². The maximum Gasteiger partial charge on any atom is 0.189 e. The second-order valence-corrected chi connectivity index (χ2v) is 4.28. The van der Waals surface area contributed by atoms with E-state index >= 15 is 0 Å². The molecule has 2 aromatic carbocycles. The lowest BCUT2D eigenvalue weighted by Crippen LogP contribution is -2.07. The lowest BCUT2D eigenvalue weighted by atomic mass is 10.0. The molecule has 4 nitrogen and oxygen atoms in total. The Hall–Kier alpha value is -1.78. The van der Waals surface area contributed by atoms with Crippen LogP contribution < -0.4 is 4.74 Å². The highest BCUT2D eigenvalue weighted by molar-refractivity contribution is 5.92. The Bertz CT molecular complexity index is 551. The van der Waals surface area contributed by atoms with Crippen LogP contribution in [0.3, 0.4) is 0 Å². The predicted octanol–water partition coefficient (Wildman–Crippen LogP) is 2.85. The SMILES string of the molecule is COCCOCOc1cc(O)c2c(C)cccc2c1. The minimum Gasteiger partial charge on any atom is -0.507 e. The van der Waals surface area contributed by atoms with Crippen LogP contribution in [-0.2, 0) is 9.47 Å². The van der Waals surface area contributed by atoms with Crippen molar-refractivity contribution in [1.29, 1.82) is 0 Å². The summed E-state index contributed by atoms with van der Waals surface area (Å²) in [6, 6.07) is 9.36. The molecular formula is C15H18O4. The van der Waals surface area contributed by atoms with Crippen molar-refractivity contribution in [1.82, 2.24) is 0 Å². The van der Waals surface area contributed by atoms with E-state index in [9.17, 15) is 5.11 Å². The average molecular weight is 262 g/mol. The lowest BCUT2D eigenvalue weighted by molar-refractivity contribution is -0.00846. The van der Waals surface area contributed by atoms with Crippen LogP contribution in [0, 0.1) is 6.92 Å². The molecule has 0 radical (unpaired) electrons. The number of aromatic hydroxyl groups is 1. The van der Waals surface area contributed by atoms with Gasteiger partial charge in [-0.3, -0.25) is 0 Å². The lowest BCUT2D eigenvalue weighted by Gasteiger charge is -2.10. The fourth-order valence-corrected chi connectivity index (χ4v) is 1.96. The summed E-state index contributed by atoms with van der Waals surface area (Å²) >= 11 is 0. The Morgan fingerprint density at radius 3 is 2.79 bits per heavy atom. The number of rotatable bonds is 6. The van der Waals surface area contributed by atoms with Crippen LogP contribution in [0.15, 0.2) is 30.3 Å². The molecule has 0 atom stereocenters. The summed E-state index contributed by atoms with van der Waals surface area (Å²) in [7, 11) is 1.62. The van der Waals surface area contributed by atoms with Gasteiger partial charge in [0.2, 0.25) is 0 Å². The summed E-state index contributed by atoms with van der Waals surface area (Å²) in [5, 5.41) is 11.8. The zero-order valence-electron chi connectivity index (χ0n) is 11.2. The zero-order valence-corrected chi connectivity index (χ0v) is 11.2. The summed E-state index contributed by atoms with van der Waals surface area (Å²) in [5.74, 6) is 0.815. The second kappa shape index (κ2) is 6.41. The molecule has 0 aliphatic rings. The van der Waals surface area contributed by atoms with Crippen molar-refractivity contribution in [3.05, 3.63) is 35.9 Å². The molecule has 0 aromatic heterocycles. The first-order chi connectivity index (χ1) is 9.22. The van der Waals surface area contributed by atoms with Crippen LogP contribution >= 0.6 is 0 Å². The molecule has 2 rings (SSSR count). The first-order valence-corrected chi connectivity index (χ1v) is 6.14. The van der Waals surface area contributed by atoms with E-state index in [1.807, 2.05) is 31.2 Å². The third-order valence-electron chi connectivity index (χ3n) is 2.88. The molecule has 0 bridgehead atoms. The number of methoxy groups -OCH3 is 1. The van der Waals surface area contributed by atoms with Crippen LogP contribution in [0.4, 0.5) is 0 Å². The third kappa shape index (κ3) is 3.36. The van der Waals surface area contributed by atoms with E-state index in [1.54, 1.807) is 13.2 Å². The van der Waals surface area contributed by atoms with E-state index in [-0.39, 0.29) is 12.5 Å². The van der Waals surface area contributed by atoms with Gasteiger partial charge in [-0.25, -0.2) is 0 Å². The van der Waals surface area contributed by atoms with E-state index in [4.69, 9.17) is 14.2 Å². The quantitative estimate of drug-likeness (QED) is 0.642. The van der Waals surface area contributed by atoms with Crippen molar-refractivity contribution >= 4 is 10.8 Å². The molecule has 1 N–H and O–H groups in total. The van der Waals surface area contributed by atoms with E-state index in [2.05, 4.69) is 0 Å². The van der Waals surface area contributed by atoms with E-state index in [1.165, 1.54) is 0 Å². The van der Waals surface area contributed by atoms with Gasteiger partial charge in [0.25, 0.3) is 0 Å². The monoisotopic (exact) mass is 262 g/mol. The largest absolute Gasteiger partial charge is 0.507 e. The standard InChI is InChI=1S/C15H18O4/c1-11-4-3-5-12-8-13(9-14(16)15(11)12)19-10-18-7-6-17-2/h3-5,8-9,16H,6-7,10H2,1-2H3. The molecule has 2 aromatic rings. The second-order valence-electron chi connectivity index (χ2n) is 4.28. The minimum absolute atomic E-state index is 0.139. The van der Waals surface area contributed by atoms with Crippen LogP contribution in [0.25, 0.3) is 10.8 Å². The van der Waals surface area contributed by atoms with Crippen LogP contribution in [0.5, 0.6) is 11.5 Å². The molecule has 4 heteroatoms. The number of aryl methyl sites for hydroxylation is 1. The molecular weight excluding hydrogens is 244 g/mol. The fourth-order valence-electron chi connectivity index (χ4n) is 1.96. The fraction of sp³-hybridized carbons (Fsp3) is 0.333. The molecule has 0 spiro atoms. The molecule has 19 heavy (non-hydrogen) atoms. The molecule has 102 valence electrons. The Kier molecular flexibility index (Phi) is 4.60. The Labute approximate surface area is 112 Å². The third-order valence-corrected chi connectivity index (χ3v) is 2.88. The molecule has 0 aliphatic carbocycles. The average Bonchev–Trinajstić information content (AvgIpc) is 2.38. The Balaban J connectivity index is 2.09. The normalized spacial score (nSPS) is 10.8. The van der Waals surface area contributed by atoms with Crippen molar-refractivity contribution in [2.24, 2.45) is 0 Å². The van der Waals surface area contributed by atoms with E-state index in [0.717, 1.165) is 16.3 Å². The predicted molar refractivity (Wildman–Crippen MR) is 73.7 cm³/mol. The van der Waals surface area contributed by atoms with Gasteiger partial charge < -0.3 is 19.3 Å². The van der Waals surface area contributed by atoms with Gasteiger partial charge in [0.05, 0.1) is 13.2 Å². The summed E-state index contributed by atoms with van der Waals surface area (Å²) in [6.45, 7) is 3.12. The highest BCUT2D eigenvalue weighted by Crippen LogP contribution is 2.32. The van der Waals surface area contributed by atoms with Gasteiger partial charge in [0.1, 0.15) is 11.5 Å². The van der Waals surface area contributed by atoms with Crippen LogP contribution in [-0.4, -0.2) is 32.2 Å². The summed E-state index contributed by atoms with van der Waals surface area (Å²) in [4.78, 5) is 0. The highest BCUT2D eigenvalue weighted by atomic mass is 16.7. The van der Waals surface area contributed by atoms with Crippen LogP contribution in [0.2, 0.25) is 0 Å². The topological polar surface area (TPSA) is 47.9 Å². The summed E-state index contributed by atoms with van der Waals surface area (Å²) in [6.07, 6.45) is 0. The maximum atomic E-state index is 10.0. The van der Waals surface area contributed by atoms with Crippen molar-refractivity contribution in [3.63, 3.8) is 0 Å². The van der Waals surface area contributed by atoms with Crippen LogP contribution in [0.1, 0.15) is 5.56 Å². The van der Waals surface area contributed by atoms with Crippen molar-refractivity contribution in [3.8, 4) is 11.5 Å². The molecule has 0 aliphatic heterocycles. The Morgan fingerprint density at radius 2 is 2.00 bits per heavy atom. The van der Waals surface area contributed by atoms with Gasteiger partial charge in [-0.05, 0) is 23.9 Å². The van der Waals surface area contributed by atoms with Gasteiger partial charge in [0, 0.05) is 18.6 Å². The van der Waals surface area contributed by atoms with E-state index < -0.39 is 0 Å². The van der Waals surface area contributed by atoms with Gasteiger partial charge in [0.15, 0.2) is 6.79 Å². The summed E-state index contributed by atoms with van der Waals surface area (Å²) < 4.78 is 15.5. The molecule has 0 saturated carbocycles. The smallest absolute Gasteiger partial charge is 0.189 e. The van der Waals surface area contributed by atoms with Gasteiger partial charge in [-0.1, -0.05) is 18.2 Å². The summed E-state index contributed by atoms with van der Waals surface area (Å²) in [5.41, 5.74) is 1.04. The number of ether oxygens (including phenoxy) is 3. The number of fused-ring (bicyclic) bond motifs is 1. The minimum atomic E-state index is 0.139. The Morgan fingerprint density at radius 1 is 1.16 bits per heavy atom. The van der Waals surface area contributed by atoms with Gasteiger partial charge in [-0.2, -0.15) is 0 Å². The highest BCUT2D eigenvalue weighted by Gasteiger charge is 2.06. The zero-order chi connectivity index (χ0) is 13.7. The molecule has 0 saturated heterocycles. The maximum absolute atomic E-state index is 10.0. The molecule has 0 fully saturated rings. The first kappa shape index (κ1) is 13.6. The van der Waals surface area contributed by atoms with Gasteiger partial charge >= 0.3 is 0 Å². The van der Waals surface area contributed by atoms with Gasteiger partial charge in [-0.15, -0.1) is 0 Å². The number of phenolic OH excluding ortho intramolecular Hbond substituents is 1. The molecule has 0 unspecified atom stereocenters. The molecule has 0 heterocycles. The van der Waals surface area contributed by atoms with E-state index in [0.29, 0.717) is 19.0 Å².